The van der Waals surface area contributed by atoms with Gasteiger partial charge >= 0.3 is 5.97 Å². The number of anilines is 3. The normalized spacial score (nSPS) is 11.5. The molecule has 1 unspecified atom stereocenters. The van der Waals surface area contributed by atoms with Gasteiger partial charge in [0.15, 0.2) is 22.6 Å². The second-order valence-electron chi connectivity index (χ2n) is 7.67. The Kier molecular flexibility index (Phi) is 8.00. The third kappa shape index (κ3) is 6.22. The highest BCUT2D eigenvalue weighted by atomic mass is 35.5. The van der Waals surface area contributed by atoms with Gasteiger partial charge in [0, 0.05) is 16.8 Å². The van der Waals surface area contributed by atoms with Crippen molar-refractivity contribution < 1.29 is 27.3 Å². The number of pyridine rings is 1. The third-order valence-corrected chi connectivity index (χ3v) is 6.83. The quantitative estimate of drug-likeness (QED) is 0.238. The molecule has 1 atom stereocenters. The zero-order valence-electron chi connectivity index (χ0n) is 19.6. The van der Waals surface area contributed by atoms with Crippen molar-refractivity contribution in [3.8, 4) is 11.5 Å². The molecule has 1 aromatic heterocycles. The highest BCUT2D eigenvalue weighted by Gasteiger charge is 2.16. The molecule has 4 aromatic rings. The minimum Gasteiger partial charge on any atom is -0.465 e. The molecule has 0 amide bonds. The molecule has 37 heavy (non-hydrogen) atoms. The van der Waals surface area contributed by atoms with Crippen LogP contribution in [0.2, 0.25) is 5.02 Å². The molecule has 1 heterocycles. The van der Waals surface area contributed by atoms with Crippen LogP contribution in [-0.4, -0.2) is 22.3 Å². The van der Waals surface area contributed by atoms with E-state index in [-0.39, 0.29) is 11.3 Å². The van der Waals surface area contributed by atoms with Crippen LogP contribution >= 0.6 is 11.6 Å². The van der Waals surface area contributed by atoms with Crippen LogP contribution in [0.3, 0.4) is 0 Å². The van der Waals surface area contributed by atoms with Crippen molar-refractivity contribution in [3.05, 3.63) is 101 Å². The summed E-state index contributed by atoms with van der Waals surface area (Å²) >= 11 is 6.10. The lowest BCUT2D eigenvalue weighted by atomic mass is 10.1. The number of methoxy groups -OCH3 is 1. The molecule has 0 radical (unpaired) electrons. The van der Waals surface area contributed by atoms with E-state index in [1.807, 2.05) is 0 Å². The molecule has 190 valence electrons. The molecular weight excluding hydrogens is 524 g/mol. The van der Waals surface area contributed by atoms with Gasteiger partial charge < -0.3 is 14.8 Å². The summed E-state index contributed by atoms with van der Waals surface area (Å²) in [6.07, 6.45) is 1.43. The van der Waals surface area contributed by atoms with E-state index in [0.29, 0.717) is 38.5 Å². The number of halogens is 3. The first-order chi connectivity index (χ1) is 17.7. The highest BCUT2D eigenvalue weighted by molar-refractivity contribution is 7.86. The summed E-state index contributed by atoms with van der Waals surface area (Å²) in [5, 5.41) is 3.39. The Labute approximate surface area is 219 Å². The number of benzene rings is 3. The predicted molar refractivity (Wildman–Crippen MR) is 138 cm³/mol. The Hall–Kier alpha value is -4.02. The number of hydrogen-bond donors (Lipinski definition) is 2. The fourth-order valence-corrected chi connectivity index (χ4v) is 4.52. The monoisotopic (exact) mass is 543 g/mol. The largest absolute Gasteiger partial charge is 0.465 e. The van der Waals surface area contributed by atoms with Gasteiger partial charge in [0.2, 0.25) is 0 Å². The van der Waals surface area contributed by atoms with Crippen molar-refractivity contribution in [3.63, 3.8) is 0 Å². The number of rotatable bonds is 8. The van der Waals surface area contributed by atoms with Crippen LogP contribution < -0.4 is 14.8 Å². The summed E-state index contributed by atoms with van der Waals surface area (Å²) in [6, 6.07) is 16.2. The molecule has 2 N–H and O–H groups in total. The maximum atomic E-state index is 13.6. The molecule has 0 aliphatic heterocycles. The van der Waals surface area contributed by atoms with Gasteiger partial charge in [0.1, 0.15) is 17.3 Å². The summed E-state index contributed by atoms with van der Waals surface area (Å²) in [5.41, 5.74) is 1.37. The summed E-state index contributed by atoms with van der Waals surface area (Å²) in [6.45, 7) is 1.78. The topological polar surface area (TPSA) is 89.5 Å². The Morgan fingerprint density at radius 1 is 1.00 bits per heavy atom. The molecule has 0 fully saturated rings. The number of carbonyl (C=O) groups excluding carboxylic acids is 1. The average Bonchev–Trinajstić information content (AvgIpc) is 2.89. The molecule has 0 saturated carbocycles. The van der Waals surface area contributed by atoms with E-state index in [2.05, 4.69) is 15.0 Å². The van der Waals surface area contributed by atoms with Gasteiger partial charge in [-0.3, -0.25) is 4.72 Å². The first kappa shape index (κ1) is 26.1. The lowest BCUT2D eigenvalue weighted by Crippen LogP contribution is -2.08. The van der Waals surface area contributed by atoms with Crippen molar-refractivity contribution >= 4 is 45.7 Å². The maximum Gasteiger partial charge on any atom is 0.340 e. The van der Waals surface area contributed by atoms with Crippen LogP contribution in [0, 0.1) is 18.6 Å². The lowest BCUT2D eigenvalue weighted by Gasteiger charge is -2.14. The van der Waals surface area contributed by atoms with Crippen LogP contribution in [0.5, 0.6) is 11.5 Å². The molecule has 0 spiro atoms. The van der Waals surface area contributed by atoms with Crippen molar-refractivity contribution in [2.24, 2.45) is 0 Å². The van der Waals surface area contributed by atoms with Crippen LogP contribution in [0.25, 0.3) is 0 Å². The Morgan fingerprint density at radius 2 is 1.78 bits per heavy atom. The average molecular weight is 544 g/mol. The van der Waals surface area contributed by atoms with Crippen LogP contribution in [0.1, 0.15) is 15.9 Å². The third-order valence-electron chi connectivity index (χ3n) is 5.18. The highest BCUT2D eigenvalue weighted by Crippen LogP contribution is 2.30. The van der Waals surface area contributed by atoms with Gasteiger partial charge in [-0.15, -0.1) is 0 Å². The summed E-state index contributed by atoms with van der Waals surface area (Å²) in [7, 11) is -0.349. The Bertz CT molecular complexity index is 1490. The number of nitrogens with one attached hydrogen (secondary N) is 2. The standard InChI is InChI=1S/C26H20ClF2N3O4S/c1-15-20(27)4-3-5-24(15)37(34)32-25-11-8-18(14-30-25)36-17-7-10-23(19(13-17)26(33)35-2)31-16-6-9-21(28)22(29)12-16/h3-14,31H,1-2H3,(H,30,32). The number of hydrogen-bond acceptors (Lipinski definition) is 6. The van der Waals surface area contributed by atoms with E-state index in [1.165, 1.54) is 25.4 Å². The molecule has 0 saturated heterocycles. The van der Waals surface area contributed by atoms with E-state index in [1.54, 1.807) is 49.4 Å². The molecule has 4 rings (SSSR count). The van der Waals surface area contributed by atoms with Gasteiger partial charge in [0.05, 0.1) is 29.5 Å². The molecule has 11 heteroatoms. The fraction of sp³-hybridized carbons (Fsp3) is 0.0769. The SMILES string of the molecule is COC(=O)c1cc(Oc2ccc(NS(=O)c3cccc(Cl)c3C)nc2)ccc1Nc1ccc(F)c(F)c1. The maximum absolute atomic E-state index is 13.6. The van der Waals surface area contributed by atoms with Gasteiger partial charge in [-0.1, -0.05) is 17.7 Å². The Balaban J connectivity index is 1.49. The second kappa shape index (κ2) is 11.4. The van der Waals surface area contributed by atoms with Crippen LogP contribution in [-0.2, 0) is 15.7 Å². The fourth-order valence-electron chi connectivity index (χ4n) is 3.28. The smallest absolute Gasteiger partial charge is 0.340 e. The lowest BCUT2D eigenvalue weighted by molar-refractivity contribution is 0.0601. The molecule has 3 aromatic carbocycles. The van der Waals surface area contributed by atoms with E-state index in [0.717, 1.165) is 12.1 Å². The van der Waals surface area contributed by atoms with Crippen molar-refractivity contribution in [2.45, 2.75) is 11.8 Å². The van der Waals surface area contributed by atoms with Crippen molar-refractivity contribution in [2.75, 3.05) is 17.1 Å². The zero-order valence-corrected chi connectivity index (χ0v) is 21.1. The number of carbonyl (C=O) groups is 1. The number of aromatic nitrogens is 1. The van der Waals surface area contributed by atoms with Crippen molar-refractivity contribution in [1.82, 2.24) is 4.98 Å². The van der Waals surface area contributed by atoms with E-state index >= 15 is 0 Å². The summed E-state index contributed by atoms with van der Waals surface area (Å²) < 4.78 is 52.9. The number of nitrogens with zero attached hydrogens (tertiary/aromatic N) is 1. The summed E-state index contributed by atoms with van der Waals surface area (Å²) in [5.74, 6) is -1.66. The van der Waals surface area contributed by atoms with Gasteiger partial charge in [-0.25, -0.2) is 22.8 Å². The first-order valence-electron chi connectivity index (χ1n) is 10.8. The molecule has 0 aliphatic carbocycles. The van der Waals surface area contributed by atoms with Crippen LogP contribution in [0.4, 0.5) is 26.0 Å². The van der Waals surface area contributed by atoms with E-state index < -0.39 is 28.6 Å². The van der Waals surface area contributed by atoms with Crippen molar-refractivity contribution in [1.29, 1.82) is 0 Å². The van der Waals surface area contributed by atoms with Crippen LogP contribution in [0.15, 0.2) is 77.8 Å². The number of esters is 1. The Morgan fingerprint density at radius 3 is 2.49 bits per heavy atom. The van der Waals surface area contributed by atoms with Gasteiger partial charge in [-0.05, 0) is 67.1 Å². The minimum absolute atomic E-state index is 0.114. The molecular formula is C26H20ClF2N3O4S. The minimum atomic E-state index is -1.57. The van der Waals surface area contributed by atoms with E-state index in [4.69, 9.17) is 21.1 Å². The second-order valence-corrected chi connectivity index (χ2v) is 9.26. The summed E-state index contributed by atoms with van der Waals surface area (Å²) in [4.78, 5) is 17.1. The zero-order chi connectivity index (χ0) is 26.5. The molecule has 0 aliphatic rings. The first-order valence-corrected chi connectivity index (χ1v) is 12.3. The number of ether oxygens (including phenoxy) is 2. The van der Waals surface area contributed by atoms with Gasteiger partial charge in [0.25, 0.3) is 0 Å². The molecule has 0 bridgehead atoms. The van der Waals surface area contributed by atoms with Gasteiger partial charge in [-0.2, -0.15) is 0 Å². The van der Waals surface area contributed by atoms with E-state index in [9.17, 15) is 17.8 Å². The molecule has 7 nitrogen and oxygen atoms in total. The predicted octanol–water partition coefficient (Wildman–Crippen LogP) is 6.78.